The lowest BCUT2D eigenvalue weighted by Gasteiger charge is -2.46. The minimum atomic E-state index is -4.29. The van der Waals surface area contributed by atoms with Crippen LogP contribution in [0.1, 0.15) is 49.4 Å². The molecule has 222 valence electrons. The molecule has 13 heteroatoms. The normalized spacial score (nSPS) is 16.6. The molecule has 1 saturated heterocycles. The highest BCUT2D eigenvalue weighted by molar-refractivity contribution is 7.90. The fourth-order valence-electron chi connectivity index (χ4n) is 4.58. The van der Waals surface area contributed by atoms with Gasteiger partial charge in [-0.1, -0.05) is 65.3 Å². The number of ether oxygens (including phenoxy) is 1. The molecular weight excluding hydrogens is 584 g/mol. The standard InChI is InChI=1S/C29H31ClN4O7S/c1-16(2)25(29(37)40-15-19-11-7-6-8-12-19)34-27(36)24(28(34)42(38,39)33-17(3)4)31-26(35)22-18(5)41-32-23(22)20-13-9-10-14-21(20)30/h6-14,17,24,28,33H,15H2,1-5H3,(H,31,35)/t24?,28-/m1/s1. The maximum atomic E-state index is 13.5. The monoisotopic (exact) mass is 614 g/mol. The highest BCUT2D eigenvalue weighted by Gasteiger charge is 2.58. The van der Waals surface area contributed by atoms with Gasteiger partial charge in [0.25, 0.3) is 11.8 Å². The predicted molar refractivity (Wildman–Crippen MR) is 155 cm³/mol. The lowest BCUT2D eigenvalue weighted by atomic mass is 10.0. The van der Waals surface area contributed by atoms with E-state index in [1.807, 2.05) is 6.07 Å². The lowest BCUT2D eigenvalue weighted by molar-refractivity contribution is -0.152. The molecule has 0 bridgehead atoms. The maximum Gasteiger partial charge on any atom is 0.355 e. The number of hydrogen-bond donors (Lipinski definition) is 2. The van der Waals surface area contributed by atoms with Gasteiger partial charge in [-0.05, 0) is 51.8 Å². The lowest BCUT2D eigenvalue weighted by Crippen LogP contribution is -2.74. The van der Waals surface area contributed by atoms with Gasteiger partial charge in [-0.2, -0.15) is 0 Å². The van der Waals surface area contributed by atoms with E-state index in [0.29, 0.717) is 21.7 Å². The molecule has 1 unspecified atom stereocenters. The molecule has 1 aliphatic heterocycles. The van der Waals surface area contributed by atoms with Gasteiger partial charge in [0.05, 0.1) is 5.02 Å². The molecule has 1 fully saturated rings. The Balaban J connectivity index is 1.66. The van der Waals surface area contributed by atoms with Gasteiger partial charge in [-0.15, -0.1) is 0 Å². The number of amides is 2. The number of sulfonamides is 1. The number of carbonyl (C=O) groups is 3. The Hall–Kier alpha value is -4.00. The van der Waals surface area contributed by atoms with Crippen LogP contribution in [0.3, 0.4) is 0 Å². The first kappa shape index (κ1) is 30.9. The molecule has 1 aliphatic rings. The summed E-state index contributed by atoms with van der Waals surface area (Å²) in [5.41, 5.74) is 1.38. The Morgan fingerprint density at radius 2 is 1.74 bits per heavy atom. The Kier molecular flexibility index (Phi) is 9.19. The second kappa shape index (κ2) is 12.5. The van der Waals surface area contributed by atoms with Gasteiger partial charge in [0.2, 0.25) is 10.0 Å². The summed E-state index contributed by atoms with van der Waals surface area (Å²) in [4.78, 5) is 41.2. The van der Waals surface area contributed by atoms with Crippen LogP contribution in [-0.2, 0) is 31.0 Å². The van der Waals surface area contributed by atoms with Gasteiger partial charge in [0.15, 0.2) is 5.37 Å². The van der Waals surface area contributed by atoms with Gasteiger partial charge < -0.3 is 14.6 Å². The van der Waals surface area contributed by atoms with Crippen molar-refractivity contribution in [2.24, 2.45) is 0 Å². The number of aryl methyl sites for hydroxylation is 1. The number of rotatable bonds is 10. The van der Waals surface area contributed by atoms with E-state index in [0.717, 1.165) is 4.90 Å². The van der Waals surface area contributed by atoms with Crippen LogP contribution in [0.2, 0.25) is 5.02 Å². The van der Waals surface area contributed by atoms with E-state index >= 15 is 0 Å². The number of β-lactam (4-membered cyclic amide) rings is 1. The first-order valence-corrected chi connectivity index (χ1v) is 15.0. The average molecular weight is 615 g/mol. The van der Waals surface area contributed by atoms with Crippen LogP contribution in [-0.4, -0.2) is 53.7 Å². The second-order valence-corrected chi connectivity index (χ2v) is 12.4. The van der Waals surface area contributed by atoms with Crippen LogP contribution >= 0.6 is 11.6 Å². The first-order valence-electron chi connectivity index (χ1n) is 13.1. The number of halogens is 1. The van der Waals surface area contributed by atoms with Gasteiger partial charge in [-0.25, -0.2) is 17.9 Å². The summed E-state index contributed by atoms with van der Waals surface area (Å²) in [7, 11) is -4.29. The Morgan fingerprint density at radius 3 is 2.36 bits per heavy atom. The zero-order chi connectivity index (χ0) is 30.8. The van der Waals surface area contributed by atoms with Crippen molar-refractivity contribution in [3.8, 4) is 11.3 Å². The number of nitrogens with zero attached hydrogens (tertiary/aromatic N) is 2. The Bertz CT molecular complexity index is 1650. The van der Waals surface area contributed by atoms with Gasteiger partial charge >= 0.3 is 5.97 Å². The summed E-state index contributed by atoms with van der Waals surface area (Å²) in [6.07, 6.45) is 0. The molecule has 2 aromatic carbocycles. The predicted octanol–water partition coefficient (Wildman–Crippen LogP) is 3.94. The molecule has 11 nitrogen and oxygen atoms in total. The topological polar surface area (TPSA) is 148 Å². The van der Waals surface area contributed by atoms with Crippen LogP contribution in [0.15, 0.2) is 70.4 Å². The maximum absolute atomic E-state index is 13.5. The number of likely N-dealkylation sites (tertiary alicyclic amines) is 1. The molecule has 0 radical (unpaired) electrons. The third kappa shape index (κ3) is 6.25. The number of esters is 1. The largest absolute Gasteiger partial charge is 0.456 e. The minimum absolute atomic E-state index is 0.00738. The van der Waals surface area contributed by atoms with Crippen molar-refractivity contribution in [1.29, 1.82) is 0 Å². The molecular formula is C29H31ClN4O7S. The molecule has 2 atom stereocenters. The molecule has 0 spiro atoms. The van der Waals surface area contributed by atoms with E-state index in [4.69, 9.17) is 20.9 Å². The molecule has 42 heavy (non-hydrogen) atoms. The highest BCUT2D eigenvalue weighted by Crippen LogP contribution is 2.34. The number of hydrogen-bond acceptors (Lipinski definition) is 8. The van der Waals surface area contributed by atoms with E-state index < -0.39 is 45.3 Å². The molecule has 1 aromatic heterocycles. The van der Waals surface area contributed by atoms with E-state index in [-0.39, 0.29) is 29.3 Å². The van der Waals surface area contributed by atoms with E-state index in [1.165, 1.54) is 6.92 Å². The molecule has 0 aliphatic carbocycles. The summed E-state index contributed by atoms with van der Waals surface area (Å²) >= 11 is 6.31. The fourth-order valence-corrected chi connectivity index (χ4v) is 6.63. The average Bonchev–Trinajstić information content (AvgIpc) is 3.31. The van der Waals surface area contributed by atoms with Crippen molar-refractivity contribution in [3.63, 3.8) is 0 Å². The first-order chi connectivity index (χ1) is 19.8. The van der Waals surface area contributed by atoms with Crippen molar-refractivity contribution >= 4 is 39.4 Å². The molecule has 2 amide bonds. The second-order valence-electron chi connectivity index (χ2n) is 10.2. The number of allylic oxidation sites excluding steroid dienone is 1. The van der Waals surface area contributed by atoms with Crippen LogP contribution in [0.5, 0.6) is 0 Å². The van der Waals surface area contributed by atoms with Crippen molar-refractivity contribution in [1.82, 2.24) is 20.1 Å². The van der Waals surface area contributed by atoms with Crippen LogP contribution in [0.25, 0.3) is 11.3 Å². The van der Waals surface area contributed by atoms with Gasteiger partial charge in [0.1, 0.15) is 35.4 Å². The third-order valence-electron chi connectivity index (χ3n) is 6.39. The zero-order valence-electron chi connectivity index (χ0n) is 23.7. The number of carbonyl (C=O) groups excluding carboxylic acids is 3. The van der Waals surface area contributed by atoms with Gasteiger partial charge in [-0.3, -0.25) is 14.5 Å². The van der Waals surface area contributed by atoms with Crippen LogP contribution in [0.4, 0.5) is 0 Å². The third-order valence-corrected chi connectivity index (χ3v) is 8.64. The van der Waals surface area contributed by atoms with Crippen molar-refractivity contribution in [3.05, 3.63) is 87.8 Å². The summed E-state index contributed by atoms with van der Waals surface area (Å²) in [6.45, 7) is 7.78. The molecule has 2 heterocycles. The molecule has 3 aromatic rings. The van der Waals surface area contributed by atoms with Gasteiger partial charge in [0, 0.05) is 11.6 Å². The quantitative estimate of drug-likeness (QED) is 0.198. The molecule has 0 saturated carbocycles. The SMILES string of the molecule is CC(C)=C(C(=O)OCc1ccccc1)N1C(=O)C(NC(=O)c2c(-c3ccccc3Cl)noc2C)[C@H]1S(=O)(=O)NC(C)C. The molecule has 2 N–H and O–H groups in total. The summed E-state index contributed by atoms with van der Waals surface area (Å²) in [5.74, 6) is -2.33. The van der Waals surface area contributed by atoms with Crippen molar-refractivity contribution in [2.75, 3.05) is 0 Å². The molecule has 4 rings (SSSR count). The summed E-state index contributed by atoms with van der Waals surface area (Å²) in [6, 6.07) is 13.5. The summed E-state index contributed by atoms with van der Waals surface area (Å²) in [5, 5.41) is 5.16. The minimum Gasteiger partial charge on any atom is -0.456 e. The van der Waals surface area contributed by atoms with Crippen molar-refractivity contribution < 1.29 is 32.1 Å². The Labute approximate surface area is 248 Å². The summed E-state index contributed by atoms with van der Waals surface area (Å²) < 4.78 is 40.2. The highest BCUT2D eigenvalue weighted by atomic mass is 35.5. The van der Waals surface area contributed by atoms with E-state index in [9.17, 15) is 22.8 Å². The number of nitrogens with one attached hydrogen (secondary N) is 2. The van der Waals surface area contributed by atoms with Crippen molar-refractivity contribution in [2.45, 2.75) is 58.7 Å². The zero-order valence-corrected chi connectivity index (χ0v) is 25.2. The smallest absolute Gasteiger partial charge is 0.355 e. The van der Waals surface area contributed by atoms with E-state index in [1.54, 1.807) is 76.2 Å². The fraction of sp³-hybridized carbons (Fsp3) is 0.310. The number of aromatic nitrogens is 1. The van der Waals surface area contributed by atoms with Crippen LogP contribution < -0.4 is 10.0 Å². The van der Waals surface area contributed by atoms with Crippen LogP contribution in [0, 0.1) is 6.92 Å². The number of benzene rings is 2. The Morgan fingerprint density at radius 1 is 1.10 bits per heavy atom. The van der Waals surface area contributed by atoms with E-state index in [2.05, 4.69) is 15.2 Å².